The van der Waals surface area contributed by atoms with Gasteiger partial charge in [-0.25, -0.2) is 9.37 Å². The van der Waals surface area contributed by atoms with E-state index in [0.717, 1.165) is 12.8 Å². The second-order valence-corrected chi connectivity index (χ2v) is 3.67. The molecule has 0 unspecified atom stereocenters. The summed E-state index contributed by atoms with van der Waals surface area (Å²) in [6, 6.07) is 0. The summed E-state index contributed by atoms with van der Waals surface area (Å²) in [4.78, 5) is 3.96. The van der Waals surface area contributed by atoms with E-state index in [1.165, 1.54) is 11.3 Å². The summed E-state index contributed by atoms with van der Waals surface area (Å²) in [6.07, 6.45) is 1.54. The molecule has 2 nitrogen and oxygen atoms in total. The molecule has 0 atom stereocenters. The molecule has 0 aliphatic heterocycles. The topological polar surface area (TPSA) is 33.1 Å². The largest absolute Gasteiger partial charge is 0.383 e. The van der Waals surface area contributed by atoms with Crippen LogP contribution >= 0.6 is 11.3 Å². The highest BCUT2D eigenvalue weighted by atomic mass is 32.1. The average Bonchev–Trinajstić information content (AvgIpc) is 2.61. The lowest BCUT2D eigenvalue weighted by atomic mass is 10.4. The van der Waals surface area contributed by atoms with Gasteiger partial charge in [0.25, 0.3) is 0 Å². The molecule has 11 heavy (non-hydrogen) atoms. The number of thiazole rings is 1. The Balaban J connectivity index is 2.25. The average molecular weight is 173 g/mol. The number of aliphatic hydroxyl groups is 1. The molecule has 4 heteroatoms. The molecule has 1 aliphatic rings. The summed E-state index contributed by atoms with van der Waals surface area (Å²) in [5, 5.41) is 11.9. The van der Waals surface area contributed by atoms with Gasteiger partial charge in [0.05, 0.1) is 5.69 Å². The molecule has 1 aliphatic carbocycles. The summed E-state index contributed by atoms with van der Waals surface area (Å²) in [7, 11) is 0. The van der Waals surface area contributed by atoms with Crippen LogP contribution in [-0.4, -0.2) is 10.1 Å². The summed E-state index contributed by atoms with van der Waals surface area (Å²) in [6.45, 7) is -0.535. The van der Waals surface area contributed by atoms with Crippen LogP contribution in [0.3, 0.4) is 0 Å². The second-order valence-electron chi connectivity index (χ2n) is 2.81. The summed E-state index contributed by atoms with van der Waals surface area (Å²) in [5.74, 6) is 0. The first-order chi connectivity index (χ1) is 5.24. The van der Waals surface area contributed by atoms with Gasteiger partial charge in [-0.1, -0.05) is 0 Å². The fourth-order valence-corrected chi connectivity index (χ4v) is 1.87. The minimum absolute atomic E-state index is 0.435. The van der Waals surface area contributed by atoms with Crippen LogP contribution in [0.15, 0.2) is 5.38 Å². The van der Waals surface area contributed by atoms with E-state index in [4.69, 9.17) is 0 Å². The van der Waals surface area contributed by atoms with Crippen LogP contribution in [0.5, 0.6) is 0 Å². The van der Waals surface area contributed by atoms with E-state index in [-0.39, 0.29) is 0 Å². The third kappa shape index (κ3) is 1.16. The number of aromatic nitrogens is 1. The molecule has 0 radical (unpaired) electrons. The number of rotatable bonds is 2. The maximum Gasteiger partial charge on any atom is 0.132 e. The number of hydrogen-bond donors (Lipinski definition) is 1. The lowest BCUT2D eigenvalue weighted by molar-refractivity contribution is 0.150. The van der Waals surface area contributed by atoms with Crippen molar-refractivity contribution in [1.29, 1.82) is 0 Å². The van der Waals surface area contributed by atoms with E-state index in [9.17, 15) is 9.50 Å². The van der Waals surface area contributed by atoms with Gasteiger partial charge in [0.15, 0.2) is 0 Å². The van der Waals surface area contributed by atoms with Gasteiger partial charge in [-0.05, 0) is 12.8 Å². The summed E-state index contributed by atoms with van der Waals surface area (Å²) < 4.78 is 12.0. The van der Waals surface area contributed by atoms with Crippen molar-refractivity contribution in [2.45, 2.75) is 25.1 Å². The van der Waals surface area contributed by atoms with E-state index in [2.05, 4.69) is 4.98 Å². The van der Waals surface area contributed by atoms with Crippen LogP contribution in [-0.2, 0) is 12.3 Å². The minimum atomic E-state index is -0.696. The van der Waals surface area contributed by atoms with E-state index in [1.807, 2.05) is 0 Å². The molecule has 1 saturated carbocycles. The van der Waals surface area contributed by atoms with Gasteiger partial charge in [0.1, 0.15) is 17.3 Å². The summed E-state index contributed by atoms with van der Waals surface area (Å²) >= 11 is 1.34. The van der Waals surface area contributed by atoms with Crippen LogP contribution < -0.4 is 0 Å². The van der Waals surface area contributed by atoms with E-state index < -0.39 is 12.3 Å². The Kier molecular flexibility index (Phi) is 1.47. The molecule has 0 amide bonds. The van der Waals surface area contributed by atoms with Gasteiger partial charge in [-0.2, -0.15) is 0 Å². The Morgan fingerprint density at radius 3 is 2.91 bits per heavy atom. The van der Waals surface area contributed by atoms with Gasteiger partial charge in [-0.15, -0.1) is 11.3 Å². The first-order valence-electron chi connectivity index (χ1n) is 3.48. The molecular weight excluding hydrogens is 165 g/mol. The SMILES string of the molecule is OC1(c2nc(CF)cs2)CC1. The second kappa shape index (κ2) is 2.25. The molecule has 1 N–H and O–H groups in total. The molecule has 1 fully saturated rings. The van der Waals surface area contributed by atoms with Gasteiger partial charge in [0.2, 0.25) is 0 Å². The molecule has 60 valence electrons. The van der Waals surface area contributed by atoms with Crippen molar-refractivity contribution in [3.8, 4) is 0 Å². The number of halogens is 1. The van der Waals surface area contributed by atoms with Gasteiger partial charge in [0, 0.05) is 5.38 Å². The first-order valence-corrected chi connectivity index (χ1v) is 4.36. The van der Waals surface area contributed by atoms with Crippen molar-refractivity contribution in [2.24, 2.45) is 0 Å². The normalized spacial score (nSPS) is 20.2. The van der Waals surface area contributed by atoms with Crippen LogP contribution in [0.1, 0.15) is 23.5 Å². The molecule has 0 aromatic carbocycles. The fourth-order valence-electron chi connectivity index (χ4n) is 0.914. The third-order valence-corrected chi connectivity index (χ3v) is 2.89. The van der Waals surface area contributed by atoms with Crippen molar-refractivity contribution in [2.75, 3.05) is 0 Å². The Bertz CT molecular complexity index is 269. The number of hydrogen-bond acceptors (Lipinski definition) is 3. The number of nitrogens with zero attached hydrogens (tertiary/aromatic N) is 1. The molecule has 1 heterocycles. The third-order valence-electron chi connectivity index (χ3n) is 1.81. The Morgan fingerprint density at radius 1 is 1.73 bits per heavy atom. The Hall–Kier alpha value is -0.480. The van der Waals surface area contributed by atoms with Crippen LogP contribution in [0, 0.1) is 0 Å². The number of alkyl halides is 1. The zero-order chi connectivity index (χ0) is 7.90. The molecule has 1 aromatic heterocycles. The zero-order valence-electron chi connectivity index (χ0n) is 5.88. The monoisotopic (exact) mass is 173 g/mol. The lowest BCUT2D eigenvalue weighted by Crippen LogP contribution is -2.03. The maximum atomic E-state index is 12.0. The first kappa shape index (κ1) is 7.18. The Labute approximate surface area is 67.7 Å². The van der Waals surface area contributed by atoms with E-state index in [1.54, 1.807) is 5.38 Å². The minimum Gasteiger partial charge on any atom is -0.383 e. The zero-order valence-corrected chi connectivity index (χ0v) is 6.70. The van der Waals surface area contributed by atoms with Crippen molar-refractivity contribution in [3.63, 3.8) is 0 Å². The van der Waals surface area contributed by atoms with Gasteiger partial charge >= 0.3 is 0 Å². The molecule has 0 bridgehead atoms. The van der Waals surface area contributed by atoms with Crippen LogP contribution in [0.2, 0.25) is 0 Å². The quantitative estimate of drug-likeness (QED) is 0.736. The van der Waals surface area contributed by atoms with E-state index in [0.29, 0.717) is 10.7 Å². The maximum absolute atomic E-state index is 12.0. The predicted octanol–water partition coefficient (Wildman–Crippen LogP) is 1.59. The molecule has 0 spiro atoms. The molecule has 1 aromatic rings. The lowest BCUT2D eigenvalue weighted by Gasteiger charge is -1.99. The standard InChI is InChI=1S/C7H8FNOS/c8-3-5-4-11-6(9-5)7(10)1-2-7/h4,10H,1-3H2. The highest BCUT2D eigenvalue weighted by Crippen LogP contribution is 2.46. The highest BCUT2D eigenvalue weighted by Gasteiger charge is 2.44. The predicted molar refractivity (Wildman–Crippen MR) is 40.1 cm³/mol. The van der Waals surface area contributed by atoms with Crippen molar-refractivity contribution in [3.05, 3.63) is 16.1 Å². The van der Waals surface area contributed by atoms with Gasteiger partial charge < -0.3 is 5.11 Å². The Morgan fingerprint density at radius 2 is 2.45 bits per heavy atom. The molecule has 2 rings (SSSR count). The molecular formula is C7H8FNOS. The van der Waals surface area contributed by atoms with E-state index >= 15 is 0 Å². The summed E-state index contributed by atoms with van der Waals surface area (Å²) in [5.41, 5.74) is -0.261. The smallest absolute Gasteiger partial charge is 0.132 e. The van der Waals surface area contributed by atoms with Crippen molar-refractivity contribution in [1.82, 2.24) is 4.98 Å². The van der Waals surface area contributed by atoms with Crippen LogP contribution in [0.4, 0.5) is 4.39 Å². The highest BCUT2D eigenvalue weighted by molar-refractivity contribution is 7.09. The fraction of sp³-hybridized carbons (Fsp3) is 0.571. The van der Waals surface area contributed by atoms with Gasteiger partial charge in [-0.3, -0.25) is 0 Å². The van der Waals surface area contributed by atoms with Crippen molar-refractivity contribution < 1.29 is 9.50 Å². The van der Waals surface area contributed by atoms with Crippen molar-refractivity contribution >= 4 is 11.3 Å². The molecule has 0 saturated heterocycles. The van der Waals surface area contributed by atoms with Crippen LogP contribution in [0.25, 0.3) is 0 Å².